The first-order chi connectivity index (χ1) is 4.43. The third kappa shape index (κ3) is 2.35. The average Bonchev–Trinajstić information content (AvgIpc) is 2.13. The fourth-order valence-electron chi connectivity index (χ4n) is 1.33. The van der Waals surface area contributed by atoms with Crippen LogP contribution < -0.4 is 0 Å². The molecule has 0 atom stereocenters. The second-order valence-corrected chi connectivity index (χ2v) is 2.66. The molecule has 0 saturated heterocycles. The Hall–Kier alpha value is -0.0400. The van der Waals surface area contributed by atoms with Gasteiger partial charge in [0.15, 0.2) is 0 Å². The summed E-state index contributed by atoms with van der Waals surface area (Å²) in [4.78, 5) is 0. The van der Waals surface area contributed by atoms with Gasteiger partial charge in [-0.25, -0.2) is 0 Å². The molecular weight excluding hydrogens is 112 g/mol. The number of rotatable bonds is 1. The number of methoxy groups -OCH3 is 1. The zero-order valence-electron chi connectivity index (χ0n) is 6.15. The van der Waals surface area contributed by atoms with Gasteiger partial charge in [0.1, 0.15) is 0 Å². The lowest BCUT2D eigenvalue weighted by atomic mass is 10.2. The van der Waals surface area contributed by atoms with E-state index in [9.17, 15) is 0 Å². The minimum Gasteiger partial charge on any atom is -0.375 e. The highest BCUT2D eigenvalue weighted by atomic mass is 16.5. The second kappa shape index (κ2) is 3.89. The van der Waals surface area contributed by atoms with E-state index in [1.807, 2.05) is 0 Å². The molecule has 0 spiro atoms. The van der Waals surface area contributed by atoms with Crippen LogP contribution in [0, 0.1) is 6.10 Å². The minimum atomic E-state index is 1.20. The van der Waals surface area contributed by atoms with Gasteiger partial charge in [0.2, 0.25) is 0 Å². The molecule has 0 bridgehead atoms. The van der Waals surface area contributed by atoms with Crippen LogP contribution in [0.3, 0.4) is 0 Å². The molecule has 0 amide bonds. The first-order valence-electron chi connectivity index (χ1n) is 3.82. The van der Waals surface area contributed by atoms with Crippen LogP contribution in [0.5, 0.6) is 0 Å². The summed E-state index contributed by atoms with van der Waals surface area (Å²) in [5.41, 5.74) is 0. The predicted molar refractivity (Wildman–Crippen MR) is 38.0 cm³/mol. The van der Waals surface area contributed by atoms with Crippen molar-refractivity contribution in [3.8, 4) is 0 Å². The fourth-order valence-corrected chi connectivity index (χ4v) is 1.33. The van der Waals surface area contributed by atoms with Gasteiger partial charge in [0.05, 0.1) is 6.10 Å². The highest BCUT2D eigenvalue weighted by Gasteiger charge is 2.10. The van der Waals surface area contributed by atoms with Crippen molar-refractivity contribution in [2.24, 2.45) is 0 Å². The van der Waals surface area contributed by atoms with Gasteiger partial charge in [0.25, 0.3) is 0 Å². The van der Waals surface area contributed by atoms with Crippen LogP contribution in [0.4, 0.5) is 0 Å². The van der Waals surface area contributed by atoms with E-state index >= 15 is 0 Å². The third-order valence-electron chi connectivity index (χ3n) is 1.95. The van der Waals surface area contributed by atoms with E-state index < -0.39 is 0 Å². The fraction of sp³-hybridized carbons (Fsp3) is 0.875. The lowest BCUT2D eigenvalue weighted by molar-refractivity contribution is 0.186. The van der Waals surface area contributed by atoms with E-state index in [2.05, 4.69) is 0 Å². The Morgan fingerprint density at radius 2 is 1.56 bits per heavy atom. The Balaban J connectivity index is 2.18. The Labute approximate surface area is 57.4 Å². The van der Waals surface area contributed by atoms with Gasteiger partial charge in [0, 0.05) is 7.11 Å². The molecule has 9 heavy (non-hydrogen) atoms. The Bertz CT molecular complexity index is 63.0. The largest absolute Gasteiger partial charge is 0.375 e. The first kappa shape index (κ1) is 7.07. The van der Waals surface area contributed by atoms with E-state index in [-0.39, 0.29) is 0 Å². The van der Waals surface area contributed by atoms with E-state index in [1.54, 1.807) is 7.11 Å². The monoisotopic (exact) mass is 127 g/mol. The maximum atomic E-state index is 5.19. The molecule has 0 N–H and O–H groups in total. The summed E-state index contributed by atoms with van der Waals surface area (Å²) in [6.45, 7) is 0. The van der Waals surface area contributed by atoms with Crippen molar-refractivity contribution >= 4 is 0 Å². The average molecular weight is 127 g/mol. The zero-order chi connectivity index (χ0) is 6.53. The summed E-state index contributed by atoms with van der Waals surface area (Å²) in [5.74, 6) is 0. The standard InChI is InChI=1S/C8H15O/c1-9-8-6-4-2-3-5-7-8/h2-7H2,1H3. The van der Waals surface area contributed by atoms with Crippen LogP contribution in [0.1, 0.15) is 38.5 Å². The van der Waals surface area contributed by atoms with Gasteiger partial charge < -0.3 is 4.74 Å². The number of hydrogen-bond donors (Lipinski definition) is 0. The van der Waals surface area contributed by atoms with Gasteiger partial charge >= 0.3 is 0 Å². The van der Waals surface area contributed by atoms with Crippen LogP contribution in [-0.2, 0) is 4.74 Å². The van der Waals surface area contributed by atoms with E-state index in [0.29, 0.717) is 0 Å². The lowest BCUT2D eigenvalue weighted by Crippen LogP contribution is -1.96. The molecule has 0 aromatic carbocycles. The van der Waals surface area contributed by atoms with Crippen LogP contribution >= 0.6 is 0 Å². The SMILES string of the molecule is CO[C]1CCCCCC1. The molecule has 0 heterocycles. The van der Waals surface area contributed by atoms with Crippen LogP contribution in [0.25, 0.3) is 0 Å². The molecule has 1 heteroatoms. The van der Waals surface area contributed by atoms with Crippen molar-refractivity contribution in [2.75, 3.05) is 7.11 Å². The number of hydrogen-bond acceptors (Lipinski definition) is 1. The van der Waals surface area contributed by atoms with Gasteiger partial charge in [-0.15, -0.1) is 0 Å². The van der Waals surface area contributed by atoms with Gasteiger partial charge in [-0.2, -0.15) is 0 Å². The Kier molecular flexibility index (Phi) is 3.05. The predicted octanol–water partition coefficient (Wildman–Crippen LogP) is 2.52. The van der Waals surface area contributed by atoms with Crippen molar-refractivity contribution in [3.05, 3.63) is 6.10 Å². The topological polar surface area (TPSA) is 9.23 Å². The van der Waals surface area contributed by atoms with Crippen LogP contribution in [0.15, 0.2) is 0 Å². The molecule has 0 aromatic heterocycles. The van der Waals surface area contributed by atoms with Crippen molar-refractivity contribution in [1.82, 2.24) is 0 Å². The lowest BCUT2D eigenvalue weighted by Gasteiger charge is -2.08. The molecule has 1 nitrogen and oxygen atoms in total. The molecule has 0 unspecified atom stereocenters. The molecule has 1 radical (unpaired) electrons. The smallest absolute Gasteiger partial charge is 0.0966 e. The van der Waals surface area contributed by atoms with E-state index in [1.165, 1.54) is 44.6 Å². The quantitative estimate of drug-likeness (QED) is 0.492. The summed E-state index contributed by atoms with van der Waals surface area (Å²) in [6, 6.07) is 0. The van der Waals surface area contributed by atoms with Crippen molar-refractivity contribution in [3.63, 3.8) is 0 Å². The minimum absolute atomic E-state index is 1.20. The zero-order valence-corrected chi connectivity index (χ0v) is 6.15. The highest BCUT2D eigenvalue weighted by molar-refractivity contribution is 4.79. The summed E-state index contributed by atoms with van der Waals surface area (Å²) in [5, 5.41) is 0. The maximum Gasteiger partial charge on any atom is 0.0966 e. The van der Waals surface area contributed by atoms with E-state index in [4.69, 9.17) is 4.74 Å². The highest BCUT2D eigenvalue weighted by Crippen LogP contribution is 2.24. The molecular formula is C8H15O. The van der Waals surface area contributed by atoms with Crippen molar-refractivity contribution in [1.29, 1.82) is 0 Å². The third-order valence-corrected chi connectivity index (χ3v) is 1.95. The molecule has 1 fully saturated rings. The Morgan fingerprint density at radius 1 is 1.00 bits per heavy atom. The molecule has 1 aliphatic carbocycles. The van der Waals surface area contributed by atoms with Gasteiger partial charge in [-0.3, -0.25) is 0 Å². The summed E-state index contributed by atoms with van der Waals surface area (Å²) in [6.07, 6.45) is 9.19. The summed E-state index contributed by atoms with van der Waals surface area (Å²) in [7, 11) is 1.79. The van der Waals surface area contributed by atoms with Gasteiger partial charge in [-0.05, 0) is 12.8 Å². The van der Waals surface area contributed by atoms with Crippen LogP contribution in [0.2, 0.25) is 0 Å². The van der Waals surface area contributed by atoms with Gasteiger partial charge in [-0.1, -0.05) is 25.7 Å². The van der Waals surface area contributed by atoms with Crippen LogP contribution in [-0.4, -0.2) is 7.11 Å². The van der Waals surface area contributed by atoms with Crippen molar-refractivity contribution in [2.45, 2.75) is 38.5 Å². The molecule has 53 valence electrons. The van der Waals surface area contributed by atoms with E-state index in [0.717, 1.165) is 0 Å². The summed E-state index contributed by atoms with van der Waals surface area (Å²) >= 11 is 0. The molecule has 1 rings (SSSR count). The number of ether oxygens (including phenoxy) is 1. The molecule has 0 aliphatic heterocycles. The summed E-state index contributed by atoms with van der Waals surface area (Å²) < 4.78 is 5.19. The molecule has 1 saturated carbocycles. The maximum absolute atomic E-state index is 5.19. The molecule has 0 aromatic rings. The Morgan fingerprint density at radius 3 is 2.00 bits per heavy atom. The second-order valence-electron chi connectivity index (χ2n) is 2.66. The first-order valence-corrected chi connectivity index (χ1v) is 3.82. The molecule has 1 aliphatic rings. The van der Waals surface area contributed by atoms with Crippen molar-refractivity contribution < 1.29 is 4.74 Å². The normalized spacial score (nSPS) is 23.7.